The predicted molar refractivity (Wildman–Crippen MR) is 103 cm³/mol. The van der Waals surface area contributed by atoms with Gasteiger partial charge in [0.15, 0.2) is 0 Å². The van der Waals surface area contributed by atoms with E-state index in [9.17, 15) is 0 Å². The number of anilines is 1. The molecule has 2 aromatic heterocycles. The van der Waals surface area contributed by atoms with Gasteiger partial charge in [-0.1, -0.05) is 18.2 Å². The highest BCUT2D eigenvalue weighted by Crippen LogP contribution is 2.25. The summed E-state index contributed by atoms with van der Waals surface area (Å²) >= 11 is 0. The number of nitrogens with zero attached hydrogens (tertiary/aromatic N) is 6. The summed E-state index contributed by atoms with van der Waals surface area (Å²) < 4.78 is 0. The third-order valence-electron chi connectivity index (χ3n) is 4.90. The smallest absolute Gasteiger partial charge is 0.204 e. The maximum atomic E-state index is 4.69. The fraction of sp³-hybridized carbons (Fsp3) is 0.421. The van der Waals surface area contributed by atoms with Gasteiger partial charge in [-0.15, -0.1) is 10.2 Å². The normalized spacial score (nSPS) is 17.0. The van der Waals surface area contributed by atoms with Crippen molar-refractivity contribution in [3.63, 3.8) is 0 Å². The third-order valence-corrected chi connectivity index (χ3v) is 4.90. The summed E-state index contributed by atoms with van der Waals surface area (Å²) in [6.07, 6.45) is 2.38. The first-order valence-corrected chi connectivity index (χ1v) is 9.29. The standard InChI is InChI=1S/C19H24N8/c1-13-21-17(16-7-4-8-20-11-16)10-18(22-13)27(2)12-14-5-3-6-15(9-14)19-23-25-26-24-19/h3,5-6,9-10,16,20H,4,7-8,11-12H2,1-2H3,(H,23,24,25,26)/t16-/m0/s1. The Bertz CT molecular complexity index is 886. The number of aromatic nitrogens is 6. The maximum absolute atomic E-state index is 4.69. The second kappa shape index (κ2) is 7.79. The molecule has 1 atom stereocenters. The van der Waals surface area contributed by atoms with E-state index in [-0.39, 0.29) is 0 Å². The average molecular weight is 364 g/mol. The zero-order valence-electron chi connectivity index (χ0n) is 15.7. The number of benzene rings is 1. The molecule has 3 aromatic rings. The van der Waals surface area contributed by atoms with Crippen LogP contribution in [0.4, 0.5) is 5.82 Å². The minimum Gasteiger partial charge on any atom is -0.355 e. The summed E-state index contributed by atoms with van der Waals surface area (Å²) in [6.45, 7) is 4.80. The Kier molecular flexibility index (Phi) is 5.06. The van der Waals surface area contributed by atoms with Crippen LogP contribution in [0.5, 0.6) is 0 Å². The Morgan fingerprint density at radius 1 is 1.22 bits per heavy atom. The van der Waals surface area contributed by atoms with Crippen LogP contribution in [0.3, 0.4) is 0 Å². The summed E-state index contributed by atoms with van der Waals surface area (Å²) in [5.41, 5.74) is 3.25. The first-order chi connectivity index (χ1) is 13.2. The van der Waals surface area contributed by atoms with Crippen LogP contribution < -0.4 is 10.2 Å². The van der Waals surface area contributed by atoms with E-state index in [1.54, 1.807) is 0 Å². The maximum Gasteiger partial charge on any atom is 0.204 e. The number of piperidine rings is 1. The van der Waals surface area contributed by atoms with E-state index >= 15 is 0 Å². The molecule has 4 rings (SSSR count). The van der Waals surface area contributed by atoms with Crippen LogP contribution in [0.25, 0.3) is 11.4 Å². The van der Waals surface area contributed by atoms with Crippen LogP contribution in [0, 0.1) is 6.92 Å². The number of hydrogen-bond acceptors (Lipinski definition) is 7. The molecule has 3 heterocycles. The van der Waals surface area contributed by atoms with Gasteiger partial charge in [0.25, 0.3) is 0 Å². The van der Waals surface area contributed by atoms with Gasteiger partial charge in [0.1, 0.15) is 11.6 Å². The molecule has 1 aliphatic heterocycles. The molecule has 0 spiro atoms. The Balaban J connectivity index is 1.53. The number of tetrazole rings is 1. The lowest BCUT2D eigenvalue weighted by Crippen LogP contribution is -2.29. The van der Waals surface area contributed by atoms with Gasteiger partial charge in [0.05, 0.1) is 5.69 Å². The van der Waals surface area contributed by atoms with Crippen molar-refractivity contribution in [2.75, 3.05) is 25.0 Å². The second-order valence-corrected chi connectivity index (χ2v) is 7.03. The average Bonchev–Trinajstić information content (AvgIpc) is 3.23. The van der Waals surface area contributed by atoms with Crippen LogP contribution in [-0.2, 0) is 6.54 Å². The lowest BCUT2D eigenvalue weighted by atomic mass is 9.96. The van der Waals surface area contributed by atoms with Gasteiger partial charge in [0, 0.05) is 37.7 Å². The van der Waals surface area contributed by atoms with Crippen molar-refractivity contribution in [3.05, 3.63) is 47.4 Å². The van der Waals surface area contributed by atoms with Crippen molar-refractivity contribution in [3.8, 4) is 11.4 Å². The first kappa shape index (κ1) is 17.5. The van der Waals surface area contributed by atoms with Gasteiger partial charge >= 0.3 is 0 Å². The molecular formula is C19H24N8. The molecule has 0 bridgehead atoms. The fourth-order valence-electron chi connectivity index (χ4n) is 3.53. The molecule has 0 saturated carbocycles. The van der Waals surface area contributed by atoms with E-state index in [0.29, 0.717) is 11.7 Å². The van der Waals surface area contributed by atoms with Crippen LogP contribution in [0.15, 0.2) is 30.3 Å². The second-order valence-electron chi connectivity index (χ2n) is 7.03. The van der Waals surface area contributed by atoms with E-state index in [1.165, 1.54) is 12.8 Å². The van der Waals surface area contributed by atoms with Crippen molar-refractivity contribution < 1.29 is 0 Å². The Morgan fingerprint density at radius 2 is 2.15 bits per heavy atom. The predicted octanol–water partition coefficient (Wildman–Crippen LogP) is 2.07. The number of hydrogen-bond donors (Lipinski definition) is 2. The van der Waals surface area contributed by atoms with Crippen LogP contribution >= 0.6 is 0 Å². The molecular weight excluding hydrogens is 340 g/mol. The summed E-state index contributed by atoms with van der Waals surface area (Å²) in [4.78, 5) is 11.5. The van der Waals surface area contributed by atoms with Crippen molar-refractivity contribution in [2.24, 2.45) is 0 Å². The third kappa shape index (κ3) is 4.11. The monoisotopic (exact) mass is 364 g/mol. The van der Waals surface area contributed by atoms with Crippen LogP contribution in [0.2, 0.25) is 0 Å². The Morgan fingerprint density at radius 3 is 2.93 bits per heavy atom. The van der Waals surface area contributed by atoms with E-state index in [1.807, 2.05) is 19.1 Å². The summed E-state index contributed by atoms with van der Waals surface area (Å²) in [5, 5.41) is 17.7. The molecule has 0 aliphatic carbocycles. The number of rotatable bonds is 5. The molecule has 0 unspecified atom stereocenters. The minimum absolute atomic E-state index is 0.467. The highest BCUT2D eigenvalue weighted by atomic mass is 15.5. The zero-order valence-corrected chi connectivity index (χ0v) is 15.7. The quantitative estimate of drug-likeness (QED) is 0.715. The molecule has 1 aliphatic rings. The van der Waals surface area contributed by atoms with E-state index in [2.05, 4.69) is 61.1 Å². The number of aromatic amines is 1. The first-order valence-electron chi connectivity index (χ1n) is 9.29. The van der Waals surface area contributed by atoms with Crippen molar-refractivity contribution in [1.29, 1.82) is 0 Å². The molecule has 2 N–H and O–H groups in total. The molecule has 1 fully saturated rings. The SMILES string of the molecule is Cc1nc([C@H]2CCCNC2)cc(N(C)Cc2cccc(-c3nn[nH]n3)c2)n1. The Hall–Kier alpha value is -2.87. The van der Waals surface area contributed by atoms with Gasteiger partial charge in [-0.2, -0.15) is 5.21 Å². The summed E-state index contributed by atoms with van der Waals surface area (Å²) in [7, 11) is 2.06. The fourth-order valence-corrected chi connectivity index (χ4v) is 3.53. The van der Waals surface area contributed by atoms with Gasteiger partial charge in [-0.25, -0.2) is 9.97 Å². The minimum atomic E-state index is 0.467. The van der Waals surface area contributed by atoms with Gasteiger partial charge in [0.2, 0.25) is 5.82 Å². The van der Waals surface area contributed by atoms with E-state index in [4.69, 9.17) is 4.98 Å². The molecule has 1 aromatic carbocycles. The highest BCUT2D eigenvalue weighted by Gasteiger charge is 2.18. The summed E-state index contributed by atoms with van der Waals surface area (Å²) in [5.74, 6) is 2.84. The molecule has 1 saturated heterocycles. The van der Waals surface area contributed by atoms with Crippen molar-refractivity contribution >= 4 is 5.82 Å². The van der Waals surface area contributed by atoms with E-state index < -0.39 is 0 Å². The van der Waals surface area contributed by atoms with E-state index in [0.717, 1.165) is 48.1 Å². The zero-order chi connectivity index (χ0) is 18.6. The molecule has 8 heteroatoms. The van der Waals surface area contributed by atoms with Gasteiger partial charge in [-0.3, -0.25) is 0 Å². The van der Waals surface area contributed by atoms with Gasteiger partial charge < -0.3 is 10.2 Å². The number of H-pyrrole nitrogens is 1. The van der Waals surface area contributed by atoms with Crippen LogP contribution in [0.1, 0.15) is 35.8 Å². The summed E-state index contributed by atoms with van der Waals surface area (Å²) in [6, 6.07) is 10.3. The molecule has 0 radical (unpaired) electrons. The van der Waals surface area contributed by atoms with Crippen molar-refractivity contribution in [1.82, 2.24) is 35.9 Å². The van der Waals surface area contributed by atoms with Crippen LogP contribution in [-0.4, -0.2) is 50.7 Å². The van der Waals surface area contributed by atoms with Gasteiger partial charge in [-0.05, 0) is 43.2 Å². The lowest BCUT2D eigenvalue weighted by molar-refractivity contribution is 0.453. The number of nitrogens with one attached hydrogen (secondary N) is 2. The molecule has 0 amide bonds. The molecule has 8 nitrogen and oxygen atoms in total. The number of aryl methyl sites for hydroxylation is 1. The molecule has 140 valence electrons. The largest absolute Gasteiger partial charge is 0.355 e. The highest BCUT2D eigenvalue weighted by molar-refractivity contribution is 5.55. The lowest BCUT2D eigenvalue weighted by Gasteiger charge is -2.24. The van der Waals surface area contributed by atoms with Crippen molar-refractivity contribution in [2.45, 2.75) is 32.2 Å². The molecule has 27 heavy (non-hydrogen) atoms. The Labute approximate surface area is 158 Å². The topological polar surface area (TPSA) is 95.5 Å².